The Morgan fingerprint density at radius 1 is 1.21 bits per heavy atom. The van der Waals surface area contributed by atoms with Gasteiger partial charge in [0.1, 0.15) is 0 Å². The molecule has 1 saturated carbocycles. The van der Waals surface area contributed by atoms with E-state index in [4.69, 9.17) is 0 Å². The van der Waals surface area contributed by atoms with Crippen molar-refractivity contribution in [2.45, 2.75) is 58.5 Å². The Bertz CT molecular complexity index is 387. The fourth-order valence-corrected chi connectivity index (χ4v) is 3.48. The molecule has 0 heterocycles. The maximum absolute atomic E-state index is 3.85. The zero-order valence-electron chi connectivity index (χ0n) is 12.3. The zero-order chi connectivity index (χ0) is 13.8. The van der Waals surface area contributed by atoms with Crippen LogP contribution in [0.4, 0.5) is 0 Å². The Labute approximate surface area is 126 Å². The highest BCUT2D eigenvalue weighted by Crippen LogP contribution is 2.29. The van der Waals surface area contributed by atoms with Gasteiger partial charge in [0.15, 0.2) is 0 Å². The summed E-state index contributed by atoms with van der Waals surface area (Å²) in [5, 5.41) is 3.85. The molecule has 1 fully saturated rings. The summed E-state index contributed by atoms with van der Waals surface area (Å²) in [5.74, 6) is 1.67. The van der Waals surface area contributed by atoms with Crippen LogP contribution in [0.25, 0.3) is 0 Å². The van der Waals surface area contributed by atoms with Gasteiger partial charge in [0.2, 0.25) is 0 Å². The van der Waals surface area contributed by atoms with Crippen molar-refractivity contribution in [1.82, 2.24) is 5.32 Å². The van der Waals surface area contributed by atoms with Crippen LogP contribution in [0.3, 0.4) is 0 Å². The number of rotatable bonds is 4. The zero-order valence-corrected chi connectivity index (χ0v) is 13.9. The van der Waals surface area contributed by atoms with Crippen molar-refractivity contribution in [1.29, 1.82) is 0 Å². The van der Waals surface area contributed by atoms with E-state index in [1.165, 1.54) is 24.8 Å². The normalized spacial score (nSPS) is 29.2. The summed E-state index contributed by atoms with van der Waals surface area (Å²) in [4.78, 5) is 0. The van der Waals surface area contributed by atoms with Crippen molar-refractivity contribution in [2.24, 2.45) is 11.8 Å². The monoisotopic (exact) mass is 323 g/mol. The molecule has 106 valence electrons. The second-order valence-electron chi connectivity index (χ2n) is 6.27. The highest BCUT2D eigenvalue weighted by molar-refractivity contribution is 9.10. The van der Waals surface area contributed by atoms with Crippen molar-refractivity contribution >= 4 is 15.9 Å². The molecular formula is C17H26BrN. The van der Waals surface area contributed by atoms with Crippen LogP contribution in [-0.2, 0) is 6.42 Å². The minimum atomic E-state index is 0.555. The van der Waals surface area contributed by atoms with Crippen molar-refractivity contribution in [3.8, 4) is 0 Å². The second-order valence-corrected chi connectivity index (χ2v) is 7.19. The van der Waals surface area contributed by atoms with Crippen LogP contribution in [0.1, 0.15) is 45.6 Å². The van der Waals surface area contributed by atoms with Crippen LogP contribution in [0, 0.1) is 11.8 Å². The fraction of sp³-hybridized carbons (Fsp3) is 0.647. The van der Waals surface area contributed by atoms with E-state index in [-0.39, 0.29) is 0 Å². The topological polar surface area (TPSA) is 12.0 Å². The standard InChI is InChI=1S/C17H26BrN/c1-12-5-4-6-17(14(12)3)19-13(2)11-15-7-9-16(18)10-8-15/h7-10,12-14,17,19H,4-6,11H2,1-3H3. The molecule has 0 saturated heterocycles. The van der Waals surface area contributed by atoms with E-state index >= 15 is 0 Å². The predicted molar refractivity (Wildman–Crippen MR) is 86.4 cm³/mol. The molecule has 1 nitrogen and oxygen atoms in total. The van der Waals surface area contributed by atoms with E-state index in [9.17, 15) is 0 Å². The summed E-state index contributed by atoms with van der Waals surface area (Å²) >= 11 is 3.49. The third kappa shape index (κ3) is 4.32. The van der Waals surface area contributed by atoms with E-state index in [1.807, 2.05) is 0 Å². The quantitative estimate of drug-likeness (QED) is 0.839. The second kappa shape index (κ2) is 6.90. The summed E-state index contributed by atoms with van der Waals surface area (Å²) in [6.45, 7) is 7.12. The maximum atomic E-state index is 3.85. The van der Waals surface area contributed by atoms with Crippen molar-refractivity contribution in [3.63, 3.8) is 0 Å². The first-order valence-electron chi connectivity index (χ1n) is 7.56. The average molecular weight is 324 g/mol. The Morgan fingerprint density at radius 2 is 1.89 bits per heavy atom. The molecule has 2 heteroatoms. The summed E-state index contributed by atoms with van der Waals surface area (Å²) < 4.78 is 1.16. The minimum Gasteiger partial charge on any atom is -0.311 e. The number of hydrogen-bond donors (Lipinski definition) is 1. The summed E-state index contributed by atoms with van der Waals surface area (Å²) in [5.41, 5.74) is 1.42. The van der Waals surface area contributed by atoms with Gasteiger partial charge >= 0.3 is 0 Å². The molecule has 4 atom stereocenters. The van der Waals surface area contributed by atoms with Crippen LogP contribution in [-0.4, -0.2) is 12.1 Å². The molecule has 0 amide bonds. The highest BCUT2D eigenvalue weighted by Gasteiger charge is 2.27. The third-order valence-corrected chi connectivity index (χ3v) is 5.19. The molecule has 0 aromatic heterocycles. The molecule has 0 radical (unpaired) electrons. The number of hydrogen-bond acceptors (Lipinski definition) is 1. The lowest BCUT2D eigenvalue weighted by Gasteiger charge is -2.36. The molecule has 19 heavy (non-hydrogen) atoms. The summed E-state index contributed by atoms with van der Waals surface area (Å²) in [6, 6.07) is 9.96. The van der Waals surface area contributed by atoms with Crippen LogP contribution >= 0.6 is 15.9 Å². The van der Waals surface area contributed by atoms with Gasteiger partial charge < -0.3 is 5.32 Å². The first-order chi connectivity index (χ1) is 9.06. The number of nitrogens with one attached hydrogen (secondary N) is 1. The Balaban J connectivity index is 1.86. The molecule has 0 aliphatic heterocycles. The highest BCUT2D eigenvalue weighted by atomic mass is 79.9. The molecule has 1 N–H and O–H groups in total. The Hall–Kier alpha value is -0.340. The van der Waals surface area contributed by atoms with Gasteiger partial charge in [0.05, 0.1) is 0 Å². The van der Waals surface area contributed by atoms with Gasteiger partial charge in [-0.25, -0.2) is 0 Å². The molecule has 2 rings (SSSR count). The fourth-order valence-electron chi connectivity index (χ4n) is 3.22. The van der Waals surface area contributed by atoms with E-state index in [0.717, 1.165) is 22.7 Å². The molecule has 1 aliphatic carbocycles. The van der Waals surface area contributed by atoms with Crippen molar-refractivity contribution in [2.75, 3.05) is 0 Å². The van der Waals surface area contributed by atoms with Gasteiger partial charge in [-0.1, -0.05) is 54.8 Å². The van der Waals surface area contributed by atoms with E-state index in [1.54, 1.807) is 0 Å². The Morgan fingerprint density at radius 3 is 2.58 bits per heavy atom. The number of halogens is 1. The lowest BCUT2D eigenvalue weighted by molar-refractivity contribution is 0.196. The van der Waals surface area contributed by atoms with Gasteiger partial charge in [0, 0.05) is 16.6 Å². The van der Waals surface area contributed by atoms with Gasteiger partial charge in [-0.05, 0) is 49.3 Å². The lowest BCUT2D eigenvalue weighted by atomic mass is 9.77. The van der Waals surface area contributed by atoms with E-state index in [0.29, 0.717) is 12.1 Å². The SMILES string of the molecule is CC(Cc1ccc(Br)cc1)NC1CCCC(C)C1C. The minimum absolute atomic E-state index is 0.555. The molecule has 1 aromatic carbocycles. The maximum Gasteiger partial charge on any atom is 0.0175 e. The predicted octanol–water partition coefficient (Wildman–Crippen LogP) is 4.79. The summed E-state index contributed by atoms with van der Waals surface area (Å²) in [6.07, 6.45) is 5.25. The largest absolute Gasteiger partial charge is 0.311 e. The van der Waals surface area contributed by atoms with Crippen LogP contribution in [0.15, 0.2) is 28.7 Å². The number of benzene rings is 1. The molecule has 0 spiro atoms. The molecule has 0 bridgehead atoms. The lowest BCUT2D eigenvalue weighted by Crippen LogP contribution is -2.45. The molecule has 4 unspecified atom stereocenters. The molecular weight excluding hydrogens is 298 g/mol. The van der Waals surface area contributed by atoms with E-state index < -0.39 is 0 Å². The smallest absolute Gasteiger partial charge is 0.0175 e. The first-order valence-corrected chi connectivity index (χ1v) is 8.36. The van der Waals surface area contributed by atoms with Crippen molar-refractivity contribution < 1.29 is 0 Å². The molecule has 1 aromatic rings. The van der Waals surface area contributed by atoms with Crippen LogP contribution in [0.5, 0.6) is 0 Å². The van der Waals surface area contributed by atoms with Gasteiger partial charge in [-0.2, -0.15) is 0 Å². The average Bonchev–Trinajstić information content (AvgIpc) is 2.38. The molecule has 1 aliphatic rings. The summed E-state index contributed by atoms with van der Waals surface area (Å²) in [7, 11) is 0. The van der Waals surface area contributed by atoms with Crippen LogP contribution < -0.4 is 5.32 Å². The van der Waals surface area contributed by atoms with Crippen molar-refractivity contribution in [3.05, 3.63) is 34.3 Å². The third-order valence-electron chi connectivity index (χ3n) is 4.66. The van der Waals surface area contributed by atoms with Crippen LogP contribution in [0.2, 0.25) is 0 Å². The Kier molecular flexibility index (Phi) is 5.47. The first kappa shape index (κ1) is 15.1. The van der Waals surface area contributed by atoms with Gasteiger partial charge in [0.25, 0.3) is 0 Å². The van der Waals surface area contributed by atoms with Gasteiger partial charge in [-0.3, -0.25) is 0 Å². The van der Waals surface area contributed by atoms with Gasteiger partial charge in [-0.15, -0.1) is 0 Å². The van der Waals surface area contributed by atoms with E-state index in [2.05, 4.69) is 66.3 Å².